The molecular formula is C52H50N8O12S4. The maximum Gasteiger partial charge on any atom is 0.169 e. The van der Waals surface area contributed by atoms with Crippen molar-refractivity contribution in [3.8, 4) is 44.5 Å². The van der Waals surface area contributed by atoms with Gasteiger partial charge in [-0.25, -0.2) is 61.9 Å². The van der Waals surface area contributed by atoms with Crippen LogP contribution in [0.1, 0.15) is 48.5 Å². The lowest BCUT2D eigenvalue weighted by Gasteiger charge is -2.07. The monoisotopic (exact) mass is 1110 g/mol. The summed E-state index contributed by atoms with van der Waals surface area (Å²) in [5.74, 6) is -2.01. The van der Waals surface area contributed by atoms with Crippen molar-refractivity contribution in [2.75, 3.05) is 23.0 Å². The quantitative estimate of drug-likeness (QED) is 0.0798. The SMILES string of the molecule is O=S(=O)([O-])CCC[n+]1ccc(-c2c3nc(c(-c4cc[n+](CCCS(=O)(=O)[O-])cc4)c4ccc([nH]4)c(-c4cc[n+](CCCS(=O)(=O)[O-])cc4)c4nc(c(-c5cc[n+](CCCS(=O)(=O)[O-])cc5)c5ccc2[nH]5)C=C4)C=C3)cc1. The predicted molar refractivity (Wildman–Crippen MR) is 278 cm³/mol. The molecule has 0 amide bonds. The van der Waals surface area contributed by atoms with Crippen LogP contribution in [-0.4, -0.2) is 94.8 Å². The molecule has 24 heteroatoms. The molecule has 0 aliphatic carbocycles. The van der Waals surface area contributed by atoms with Gasteiger partial charge in [-0.2, -0.15) is 0 Å². The van der Waals surface area contributed by atoms with E-state index >= 15 is 0 Å². The summed E-state index contributed by atoms with van der Waals surface area (Å²) in [6.45, 7) is 1.15. The topological polar surface area (TPSA) is 302 Å². The summed E-state index contributed by atoms with van der Waals surface area (Å²) in [5, 5.41) is 0. The van der Waals surface area contributed by atoms with Gasteiger partial charge in [-0.3, -0.25) is 0 Å². The average Bonchev–Trinajstić information content (AvgIpc) is 4.21. The fourth-order valence-electron chi connectivity index (χ4n) is 9.21. The lowest BCUT2D eigenvalue weighted by molar-refractivity contribution is -0.696. The van der Waals surface area contributed by atoms with E-state index in [0.717, 1.165) is 22.3 Å². The molecule has 0 fully saturated rings. The van der Waals surface area contributed by atoms with Crippen molar-refractivity contribution in [3.05, 3.63) is 145 Å². The minimum absolute atomic E-state index is 0.128. The number of hydrogen-bond acceptors (Lipinski definition) is 14. The highest BCUT2D eigenvalue weighted by Gasteiger charge is 2.21. The standard InChI is InChI=1S/C52H50N8O12S4/c61-73(62,63)33-1-21-57-25-13-37(14-26-57)49-41-5-7-43(53-41)50(38-15-27-58(28-16-38)22-2-34-74(64,65)66)45-9-11-47(55-45)52(40-19-31-60(32-20-40)24-4-36-76(70,71)72)48-12-10-46(56-48)51(44-8-6-42(49)54-44)39-17-29-59(30-18-39)23-3-35-75(67,68)69/h5-20,25-32H,1-4,21-24,33-36H2,(H2-3,53,54,55,56,61,62,63,64,65,66,67,68,69,70,71,72). The van der Waals surface area contributed by atoms with Gasteiger partial charge in [-0.15, -0.1) is 0 Å². The Kier molecular flexibility index (Phi) is 15.7. The molecule has 7 aromatic heterocycles. The molecule has 2 N–H and O–H groups in total. The molecule has 394 valence electrons. The number of nitrogens with one attached hydrogen (secondary N) is 2. The molecule has 2 aliphatic rings. The molecule has 9 heterocycles. The molecule has 0 saturated carbocycles. The van der Waals surface area contributed by atoms with Gasteiger partial charge in [0.2, 0.25) is 0 Å². The number of fused-ring (bicyclic) bond motifs is 8. The lowest BCUT2D eigenvalue weighted by Crippen LogP contribution is -2.33. The van der Waals surface area contributed by atoms with Gasteiger partial charge in [0.1, 0.15) is 26.2 Å². The molecule has 0 radical (unpaired) electrons. The molecular weight excluding hydrogens is 1060 g/mol. The van der Waals surface area contributed by atoms with E-state index in [-0.39, 0.29) is 51.9 Å². The highest BCUT2D eigenvalue weighted by atomic mass is 32.2. The summed E-state index contributed by atoms with van der Waals surface area (Å²) >= 11 is 0. The number of aromatic nitrogens is 8. The number of aromatic amines is 2. The second-order valence-corrected chi connectivity index (χ2v) is 24.4. The third kappa shape index (κ3) is 13.8. The molecule has 0 saturated heterocycles. The van der Waals surface area contributed by atoms with E-state index in [0.29, 0.717) is 67.1 Å². The van der Waals surface area contributed by atoms with Crippen LogP contribution in [0.4, 0.5) is 0 Å². The van der Waals surface area contributed by atoms with E-state index in [9.17, 15) is 51.9 Å². The summed E-state index contributed by atoms with van der Waals surface area (Å²) in [6.07, 6.45) is 22.6. The molecule has 0 unspecified atom stereocenters. The average molecular weight is 1110 g/mol. The summed E-state index contributed by atoms with van der Waals surface area (Å²) in [4.78, 5) is 17.9. The Morgan fingerprint density at radius 1 is 0.329 bits per heavy atom. The Balaban J connectivity index is 1.28. The van der Waals surface area contributed by atoms with Crippen molar-refractivity contribution < 1.29 is 70.2 Å². The van der Waals surface area contributed by atoms with Crippen molar-refractivity contribution in [2.24, 2.45) is 0 Å². The Morgan fingerprint density at radius 3 is 0.711 bits per heavy atom. The first kappa shape index (κ1) is 53.7. The molecule has 2 aliphatic heterocycles. The van der Waals surface area contributed by atoms with Crippen LogP contribution < -0.4 is 18.3 Å². The van der Waals surface area contributed by atoms with E-state index < -0.39 is 63.5 Å². The fraction of sp³-hybridized carbons (Fsp3) is 0.231. The van der Waals surface area contributed by atoms with E-state index in [4.69, 9.17) is 9.97 Å². The second-order valence-electron chi connectivity index (χ2n) is 18.3. The van der Waals surface area contributed by atoms with Gasteiger partial charge in [0, 0.05) is 142 Å². The third-order valence-corrected chi connectivity index (χ3v) is 15.9. The van der Waals surface area contributed by atoms with Gasteiger partial charge in [0.05, 0.1) is 63.2 Å². The second kappa shape index (κ2) is 22.2. The number of rotatable bonds is 20. The van der Waals surface area contributed by atoms with E-state index in [1.807, 2.05) is 97.1 Å². The smallest absolute Gasteiger partial charge is 0.169 e. The van der Waals surface area contributed by atoms with Crippen LogP contribution in [0.3, 0.4) is 0 Å². The Bertz CT molecular complexity index is 3520. The lowest BCUT2D eigenvalue weighted by atomic mass is 10.0. The predicted octanol–water partition coefficient (Wildman–Crippen LogP) is 4.21. The summed E-state index contributed by atoms with van der Waals surface area (Å²) in [6, 6.07) is 22.8. The molecule has 0 spiro atoms. The fourth-order valence-corrected chi connectivity index (χ4v) is 11.1. The zero-order valence-corrected chi connectivity index (χ0v) is 43.8. The Morgan fingerprint density at radius 2 is 0.526 bits per heavy atom. The van der Waals surface area contributed by atoms with Crippen molar-refractivity contribution in [1.82, 2.24) is 19.9 Å². The molecule has 76 heavy (non-hydrogen) atoms. The maximum atomic E-state index is 11.4. The molecule has 9 rings (SSSR count). The number of H-pyrrole nitrogens is 2. The van der Waals surface area contributed by atoms with E-state index in [2.05, 4.69) is 9.97 Å². The molecule has 0 aromatic carbocycles. The third-order valence-electron chi connectivity index (χ3n) is 12.7. The van der Waals surface area contributed by atoms with E-state index in [1.54, 1.807) is 67.8 Å². The van der Waals surface area contributed by atoms with E-state index in [1.165, 1.54) is 0 Å². The van der Waals surface area contributed by atoms with Gasteiger partial charge < -0.3 is 28.2 Å². The molecule has 20 nitrogen and oxygen atoms in total. The zero-order valence-electron chi connectivity index (χ0n) is 40.6. The summed E-state index contributed by atoms with van der Waals surface area (Å²) < 4.78 is 143. The van der Waals surface area contributed by atoms with Crippen LogP contribution >= 0.6 is 0 Å². The highest BCUT2D eigenvalue weighted by Crippen LogP contribution is 2.38. The summed E-state index contributed by atoms with van der Waals surface area (Å²) in [5.41, 5.74) is 11.0. The Hall–Kier alpha value is -7.16. The van der Waals surface area contributed by atoms with Crippen LogP contribution in [-0.2, 0) is 66.7 Å². The van der Waals surface area contributed by atoms with Gasteiger partial charge >= 0.3 is 0 Å². The van der Waals surface area contributed by atoms with Crippen LogP contribution in [0.5, 0.6) is 0 Å². The van der Waals surface area contributed by atoms with Gasteiger partial charge in [0.15, 0.2) is 49.6 Å². The minimum atomic E-state index is -4.39. The van der Waals surface area contributed by atoms with Crippen molar-refractivity contribution in [2.45, 2.75) is 51.9 Å². The normalized spacial score (nSPS) is 12.9. The largest absolute Gasteiger partial charge is 0.748 e. The zero-order chi connectivity index (χ0) is 53.8. The first-order chi connectivity index (χ1) is 36.1. The number of aryl methyl sites for hydroxylation is 4. The number of pyridine rings is 4. The number of nitrogens with zero attached hydrogens (tertiary/aromatic N) is 6. The molecule has 8 bridgehead atoms. The summed E-state index contributed by atoms with van der Waals surface area (Å²) in [7, 11) is -17.6. The maximum absolute atomic E-state index is 11.4. The first-order valence-electron chi connectivity index (χ1n) is 24.0. The van der Waals surface area contributed by atoms with Crippen molar-refractivity contribution in [3.63, 3.8) is 0 Å². The minimum Gasteiger partial charge on any atom is -0.748 e. The first-order valence-corrected chi connectivity index (χ1v) is 30.3. The van der Waals surface area contributed by atoms with Gasteiger partial charge in [0.25, 0.3) is 0 Å². The molecule has 0 atom stereocenters. The molecule has 7 aromatic rings. The van der Waals surface area contributed by atoms with Crippen LogP contribution in [0.15, 0.2) is 122 Å². The van der Waals surface area contributed by atoms with Crippen LogP contribution in [0, 0.1) is 0 Å². The Labute approximate surface area is 439 Å². The van der Waals surface area contributed by atoms with Crippen LogP contribution in [0.2, 0.25) is 0 Å². The van der Waals surface area contributed by atoms with Crippen molar-refractivity contribution in [1.29, 1.82) is 0 Å². The van der Waals surface area contributed by atoms with Crippen molar-refractivity contribution >= 4 is 86.8 Å². The number of hydrogen-bond donors (Lipinski definition) is 2. The van der Waals surface area contributed by atoms with Gasteiger partial charge in [-0.05, 0) is 70.8 Å². The highest BCUT2D eigenvalue weighted by molar-refractivity contribution is 7.86. The van der Waals surface area contributed by atoms with Gasteiger partial charge in [-0.1, -0.05) is 0 Å². The van der Waals surface area contributed by atoms with Crippen LogP contribution in [0.25, 0.3) is 90.9 Å².